The van der Waals surface area contributed by atoms with E-state index in [2.05, 4.69) is 0 Å². The average Bonchev–Trinajstić information content (AvgIpc) is 3.76. The molecule has 0 aromatic carbocycles. The summed E-state index contributed by atoms with van der Waals surface area (Å²) >= 11 is 0. The van der Waals surface area contributed by atoms with Gasteiger partial charge in [0.1, 0.15) is 0 Å². The first kappa shape index (κ1) is 25.8. The Labute approximate surface area is 227 Å². The minimum Gasteiger partial charge on any atom is -0.0889 e. The Kier molecular flexibility index (Phi) is 7.66. The third kappa shape index (κ3) is 3.93. The summed E-state index contributed by atoms with van der Waals surface area (Å²) in [5, 5.41) is 1.70. The van der Waals surface area contributed by atoms with Crippen molar-refractivity contribution >= 4 is 15.8 Å². The van der Waals surface area contributed by atoms with Gasteiger partial charge in [-0.05, 0) is 136 Å². The van der Waals surface area contributed by atoms with E-state index >= 15 is 0 Å². The second-order valence-electron chi connectivity index (χ2n) is 15.0. The zero-order valence-corrected chi connectivity index (χ0v) is 25.6. The van der Waals surface area contributed by atoms with Gasteiger partial charge in [-0.15, -0.1) is 0 Å². The number of hydrogen-bond acceptors (Lipinski definition) is 0. The molecule has 5 saturated carbocycles. The second-order valence-corrected chi connectivity index (χ2v) is 21.3. The van der Waals surface area contributed by atoms with Gasteiger partial charge < -0.3 is 0 Å². The van der Waals surface area contributed by atoms with Crippen LogP contribution in [0.25, 0.3) is 0 Å². The monoisotopic (exact) mass is 528 g/mol. The van der Waals surface area contributed by atoms with E-state index in [0.717, 1.165) is 38.9 Å². The van der Waals surface area contributed by atoms with E-state index in [0.29, 0.717) is 0 Å². The van der Waals surface area contributed by atoms with E-state index in [1.807, 2.05) is 0 Å². The van der Waals surface area contributed by atoms with Crippen molar-refractivity contribution in [1.29, 1.82) is 0 Å². The van der Waals surface area contributed by atoms with Crippen LogP contribution in [0.4, 0.5) is 0 Å². The van der Waals surface area contributed by atoms with Crippen molar-refractivity contribution in [2.24, 2.45) is 23.7 Å². The van der Waals surface area contributed by atoms with Crippen molar-refractivity contribution in [2.75, 3.05) is 12.3 Å². The van der Waals surface area contributed by atoms with Crippen molar-refractivity contribution in [2.45, 2.75) is 176 Å². The largest absolute Gasteiger partial charge is 0.0889 e. The van der Waals surface area contributed by atoms with Crippen molar-refractivity contribution in [1.82, 2.24) is 0 Å². The van der Waals surface area contributed by atoms with E-state index in [1.165, 1.54) is 0 Å². The molecule has 36 heavy (non-hydrogen) atoms. The molecule has 2 saturated heterocycles. The van der Waals surface area contributed by atoms with Gasteiger partial charge in [-0.1, -0.05) is 86.5 Å². The average molecular weight is 529 g/mol. The maximum atomic E-state index is 1.73. The van der Waals surface area contributed by atoms with Crippen LogP contribution < -0.4 is 0 Å². The predicted molar refractivity (Wildman–Crippen MR) is 161 cm³/mol. The molecule has 2 unspecified atom stereocenters. The van der Waals surface area contributed by atoms with Crippen LogP contribution in [0.5, 0.6) is 0 Å². The van der Waals surface area contributed by atoms with Crippen LogP contribution in [0.2, 0.25) is 0 Å². The molecule has 0 amide bonds. The minimum absolute atomic E-state index is 0.213. The topological polar surface area (TPSA) is 0 Å². The molecule has 7 fully saturated rings. The fourth-order valence-corrected chi connectivity index (χ4v) is 25.2. The minimum atomic E-state index is 0.213. The van der Waals surface area contributed by atoms with Crippen LogP contribution in [0.15, 0.2) is 0 Å². The van der Waals surface area contributed by atoms with E-state index in [4.69, 9.17) is 0 Å². The first-order valence-corrected chi connectivity index (χ1v) is 20.4. The fraction of sp³-hybridized carbons (Fsp3) is 1.00. The molecular formula is C34H58P2. The molecule has 0 aromatic rings. The van der Waals surface area contributed by atoms with E-state index in [9.17, 15) is 0 Å². The quantitative estimate of drug-likeness (QED) is 0.301. The molecule has 7 aliphatic rings. The second kappa shape index (κ2) is 10.7. The first-order chi connectivity index (χ1) is 17.8. The predicted octanol–water partition coefficient (Wildman–Crippen LogP) is 11.4. The lowest BCUT2D eigenvalue weighted by atomic mass is 9.76. The third-order valence-electron chi connectivity index (χ3n) is 13.8. The molecule has 2 atom stereocenters. The zero-order chi connectivity index (χ0) is 24.1. The summed E-state index contributed by atoms with van der Waals surface area (Å²) in [6.45, 7) is 0. The van der Waals surface area contributed by atoms with Gasteiger partial charge in [0.15, 0.2) is 0 Å². The normalized spacial score (nSPS) is 38.0. The Balaban J connectivity index is 1.34. The SMILES string of the molecule is C1CCC(P2CCCC2(C2CCCC2)C2CCCC2)(P2CCCC2(C2CCCC2)C2CCCC2)CC1. The van der Waals surface area contributed by atoms with Crippen LogP contribution in [-0.4, -0.2) is 27.5 Å². The lowest BCUT2D eigenvalue weighted by molar-refractivity contribution is 0.250. The highest BCUT2D eigenvalue weighted by Crippen LogP contribution is 2.88. The standard InChI is InChI=1S/C34H58P2/c1-10-22-32(23-11-1,35-26-12-24-33(35,28-14-2-3-15-28)29-16-4-5-17-29)36-27-13-25-34(36,30-18-6-7-19-30)31-20-8-9-21-31/h28-31H,1-27H2. The molecule has 0 aromatic heterocycles. The van der Waals surface area contributed by atoms with Gasteiger partial charge in [0, 0.05) is 4.90 Å². The fourth-order valence-electron chi connectivity index (χ4n) is 12.8. The molecule has 0 bridgehead atoms. The van der Waals surface area contributed by atoms with Crippen LogP contribution in [0, 0.1) is 23.7 Å². The Morgan fingerprint density at radius 2 is 0.667 bits per heavy atom. The van der Waals surface area contributed by atoms with Crippen molar-refractivity contribution < 1.29 is 0 Å². The van der Waals surface area contributed by atoms with Gasteiger partial charge in [-0.2, -0.15) is 0 Å². The number of hydrogen-bond donors (Lipinski definition) is 0. The highest BCUT2D eigenvalue weighted by Gasteiger charge is 2.66. The Morgan fingerprint density at radius 3 is 1.00 bits per heavy atom. The van der Waals surface area contributed by atoms with Crippen LogP contribution in [0.3, 0.4) is 0 Å². The van der Waals surface area contributed by atoms with E-state index < -0.39 is 0 Å². The summed E-state index contributed by atoms with van der Waals surface area (Å²) in [4.78, 5) is 0.867. The summed E-state index contributed by atoms with van der Waals surface area (Å²) in [5.74, 6) is 4.60. The lowest BCUT2D eigenvalue weighted by Crippen LogP contribution is -2.49. The maximum absolute atomic E-state index is 1.73. The van der Waals surface area contributed by atoms with Gasteiger partial charge in [0.05, 0.1) is 0 Å². The van der Waals surface area contributed by atoms with Crippen LogP contribution >= 0.6 is 15.8 Å². The Morgan fingerprint density at radius 1 is 0.333 bits per heavy atom. The highest BCUT2D eigenvalue weighted by atomic mass is 31.2. The molecule has 204 valence electrons. The molecule has 0 nitrogen and oxygen atoms in total. The summed E-state index contributed by atoms with van der Waals surface area (Å²) < 4.78 is 0. The lowest BCUT2D eigenvalue weighted by Gasteiger charge is -2.62. The molecule has 2 heterocycles. The Hall–Kier alpha value is 0.860. The maximum Gasteiger partial charge on any atom is 0.0116 e. The van der Waals surface area contributed by atoms with E-state index in [1.54, 1.807) is 173 Å². The smallest absolute Gasteiger partial charge is 0.0116 e. The van der Waals surface area contributed by atoms with E-state index in [-0.39, 0.29) is 15.8 Å². The summed E-state index contributed by atoms with van der Waals surface area (Å²) in [5.41, 5.74) is 0. The highest BCUT2D eigenvalue weighted by molar-refractivity contribution is 7.79. The summed E-state index contributed by atoms with van der Waals surface area (Å²) in [6, 6.07) is 0. The van der Waals surface area contributed by atoms with Gasteiger partial charge >= 0.3 is 0 Å². The zero-order valence-electron chi connectivity index (χ0n) is 23.8. The molecular weight excluding hydrogens is 470 g/mol. The van der Waals surface area contributed by atoms with Crippen molar-refractivity contribution in [3.8, 4) is 0 Å². The third-order valence-corrected chi connectivity index (χ3v) is 23.6. The number of rotatable bonds is 6. The first-order valence-electron chi connectivity index (χ1n) is 17.4. The Bertz CT molecular complexity index is 640. The molecule has 2 aliphatic heterocycles. The van der Waals surface area contributed by atoms with Crippen LogP contribution in [-0.2, 0) is 0 Å². The molecule has 0 radical (unpaired) electrons. The van der Waals surface area contributed by atoms with Gasteiger partial charge in [0.25, 0.3) is 0 Å². The summed E-state index contributed by atoms with van der Waals surface area (Å²) in [7, 11) is 0.427. The molecule has 0 N–H and O–H groups in total. The van der Waals surface area contributed by atoms with Crippen molar-refractivity contribution in [3.05, 3.63) is 0 Å². The van der Waals surface area contributed by atoms with Crippen LogP contribution in [0.1, 0.15) is 161 Å². The van der Waals surface area contributed by atoms with Gasteiger partial charge in [-0.25, -0.2) is 0 Å². The molecule has 7 rings (SSSR count). The van der Waals surface area contributed by atoms with Gasteiger partial charge in [0.2, 0.25) is 0 Å². The molecule has 2 heteroatoms. The molecule has 0 spiro atoms. The summed E-state index contributed by atoms with van der Waals surface area (Å²) in [6.07, 6.45) is 44.1. The molecule has 5 aliphatic carbocycles. The van der Waals surface area contributed by atoms with Crippen molar-refractivity contribution in [3.63, 3.8) is 0 Å². The van der Waals surface area contributed by atoms with Gasteiger partial charge in [-0.3, -0.25) is 0 Å².